The molecule has 0 radical (unpaired) electrons. The van der Waals surface area contributed by atoms with Crippen LogP contribution >= 0.6 is 22.6 Å². The zero-order valence-corrected chi connectivity index (χ0v) is 24.7. The molecule has 2 aliphatic carbocycles. The zero-order chi connectivity index (χ0) is 29.5. The first-order valence-electron chi connectivity index (χ1n) is 13.9. The first-order chi connectivity index (χ1) is 20.1. The van der Waals surface area contributed by atoms with E-state index in [9.17, 15) is 28.7 Å². The third-order valence-electron chi connectivity index (χ3n) is 9.70. The molecule has 4 amide bonds. The fourth-order valence-electron chi connectivity index (χ4n) is 7.79. The van der Waals surface area contributed by atoms with Crippen LogP contribution in [0.1, 0.15) is 31.2 Å². The second-order valence-electron chi connectivity index (χ2n) is 11.7. The number of halogens is 2. The Hall–Kier alpha value is -3.86. The van der Waals surface area contributed by atoms with E-state index in [1.54, 1.807) is 55.5 Å². The lowest BCUT2D eigenvalue weighted by Crippen LogP contribution is -2.49. The van der Waals surface area contributed by atoms with Crippen LogP contribution in [0.4, 0.5) is 15.8 Å². The molecule has 1 N–H and O–H groups in total. The van der Waals surface area contributed by atoms with Gasteiger partial charge in [0.25, 0.3) is 0 Å². The van der Waals surface area contributed by atoms with E-state index in [-0.39, 0.29) is 30.2 Å². The van der Waals surface area contributed by atoms with Gasteiger partial charge in [0.05, 0.1) is 34.5 Å². The summed E-state index contributed by atoms with van der Waals surface area (Å²) in [5.41, 5.74) is 0.451. The smallest absolute Gasteiger partial charge is 0.241 e. The molecule has 2 heterocycles. The number of nitrogens with zero attached hydrogens (tertiary/aromatic N) is 2. The van der Waals surface area contributed by atoms with Gasteiger partial charge in [-0.05, 0) is 90.7 Å². The molecule has 6 unspecified atom stereocenters. The van der Waals surface area contributed by atoms with Crippen LogP contribution in [0.25, 0.3) is 0 Å². The predicted molar refractivity (Wildman–Crippen MR) is 161 cm³/mol. The molecule has 3 aromatic rings. The predicted octanol–water partition coefficient (Wildman–Crippen LogP) is 5.57. The lowest BCUT2D eigenvalue weighted by atomic mass is 9.51. The number of allylic oxidation sites excluding steroid dienone is 2. The summed E-state index contributed by atoms with van der Waals surface area (Å²) in [5, 5.41) is 11.0. The molecule has 3 aromatic carbocycles. The van der Waals surface area contributed by atoms with Gasteiger partial charge < -0.3 is 5.11 Å². The summed E-state index contributed by atoms with van der Waals surface area (Å²) in [5.74, 6) is -6.53. The summed E-state index contributed by atoms with van der Waals surface area (Å²) >= 11 is 2.16. The standard InChI is InChI=1S/C33H26FIN2O5/c1-33-24(30(40)37(32(33)42)18-6-3-2-4-7-18)16-23-20(27(33)22-8-5-9-25(34)28(22)38)14-15-21-26(23)31(41)36(29(21)39)19-12-10-17(35)11-13-19/h2-14,21,23-24,26-27,38H,15-16H2,1H3. The summed E-state index contributed by atoms with van der Waals surface area (Å²) in [7, 11) is 0. The summed E-state index contributed by atoms with van der Waals surface area (Å²) in [4.78, 5) is 58.6. The van der Waals surface area contributed by atoms with Gasteiger partial charge in [-0.1, -0.05) is 42.0 Å². The van der Waals surface area contributed by atoms with Crippen molar-refractivity contribution in [1.82, 2.24) is 0 Å². The fraction of sp³-hybridized carbons (Fsp3) is 0.273. The Labute approximate surface area is 255 Å². The average Bonchev–Trinajstić information content (AvgIpc) is 3.35. The number of anilines is 2. The molecule has 3 fully saturated rings. The highest BCUT2D eigenvalue weighted by molar-refractivity contribution is 14.1. The van der Waals surface area contributed by atoms with Gasteiger partial charge in [0.15, 0.2) is 11.6 Å². The van der Waals surface area contributed by atoms with E-state index < -0.39 is 58.4 Å². The largest absolute Gasteiger partial charge is 0.505 e. The van der Waals surface area contributed by atoms with Crippen LogP contribution in [0.3, 0.4) is 0 Å². The number of benzene rings is 3. The van der Waals surface area contributed by atoms with Crippen molar-refractivity contribution in [2.75, 3.05) is 9.80 Å². The number of phenols is 1. The molecule has 212 valence electrons. The highest BCUT2D eigenvalue weighted by Crippen LogP contribution is 2.64. The molecule has 0 spiro atoms. The number of hydrogen-bond acceptors (Lipinski definition) is 5. The minimum atomic E-state index is -1.35. The Kier molecular flexibility index (Phi) is 6.16. The monoisotopic (exact) mass is 676 g/mol. The van der Waals surface area contributed by atoms with Crippen LogP contribution in [0, 0.1) is 38.5 Å². The van der Waals surface area contributed by atoms with Crippen molar-refractivity contribution in [3.63, 3.8) is 0 Å². The molecular weight excluding hydrogens is 650 g/mol. The van der Waals surface area contributed by atoms with E-state index >= 15 is 0 Å². The van der Waals surface area contributed by atoms with Crippen molar-refractivity contribution in [3.8, 4) is 5.75 Å². The molecule has 6 atom stereocenters. The number of fused-ring (bicyclic) bond motifs is 4. The van der Waals surface area contributed by atoms with Crippen molar-refractivity contribution < 1.29 is 28.7 Å². The maximum atomic E-state index is 14.8. The van der Waals surface area contributed by atoms with Crippen molar-refractivity contribution in [2.24, 2.45) is 29.1 Å². The Balaban J connectivity index is 1.38. The molecule has 0 bridgehead atoms. The molecule has 1 saturated carbocycles. The van der Waals surface area contributed by atoms with Gasteiger partial charge in [-0.25, -0.2) is 9.29 Å². The summed E-state index contributed by atoms with van der Waals surface area (Å²) in [6.45, 7) is 1.71. The molecule has 0 aromatic heterocycles. The van der Waals surface area contributed by atoms with Crippen molar-refractivity contribution in [1.29, 1.82) is 0 Å². The number of aromatic hydroxyl groups is 1. The number of rotatable bonds is 3. The SMILES string of the molecule is CC12C(=O)N(c3ccccc3)C(=O)C1CC1C(=CCC3C(=O)N(c4ccc(I)cc4)C(=O)C31)C2c1cccc(F)c1O. The first-order valence-corrected chi connectivity index (χ1v) is 15.0. The van der Waals surface area contributed by atoms with E-state index in [0.717, 1.165) is 9.64 Å². The van der Waals surface area contributed by atoms with E-state index in [2.05, 4.69) is 22.6 Å². The van der Waals surface area contributed by atoms with Crippen LogP contribution in [0.15, 0.2) is 84.4 Å². The normalized spacial score (nSPS) is 30.3. The van der Waals surface area contributed by atoms with E-state index in [1.165, 1.54) is 15.9 Å². The van der Waals surface area contributed by atoms with E-state index in [4.69, 9.17) is 0 Å². The lowest BCUT2D eigenvalue weighted by molar-refractivity contribution is -0.131. The average molecular weight is 676 g/mol. The Morgan fingerprint density at radius 1 is 0.833 bits per heavy atom. The third-order valence-corrected chi connectivity index (χ3v) is 10.4. The number of carbonyl (C=O) groups is 4. The number of carbonyl (C=O) groups excluding carboxylic acids is 4. The number of para-hydroxylation sites is 2. The first kappa shape index (κ1) is 27.0. The number of hydrogen-bond donors (Lipinski definition) is 1. The second-order valence-corrected chi connectivity index (χ2v) is 12.9. The van der Waals surface area contributed by atoms with Gasteiger partial charge in [0.1, 0.15) is 0 Å². The minimum absolute atomic E-state index is 0.184. The topological polar surface area (TPSA) is 95.0 Å². The Bertz CT molecular complexity index is 1710. The summed E-state index contributed by atoms with van der Waals surface area (Å²) in [6.07, 6.45) is 2.33. The van der Waals surface area contributed by atoms with Crippen LogP contribution in [-0.4, -0.2) is 28.7 Å². The molecule has 9 heteroatoms. The maximum Gasteiger partial charge on any atom is 0.241 e. The van der Waals surface area contributed by atoms with Crippen LogP contribution in [-0.2, 0) is 19.2 Å². The molecule has 7 rings (SSSR count). The van der Waals surface area contributed by atoms with Crippen LogP contribution in [0.2, 0.25) is 0 Å². The molecule has 2 saturated heterocycles. The van der Waals surface area contributed by atoms with Gasteiger partial charge >= 0.3 is 0 Å². The molecule has 2 aliphatic heterocycles. The molecule has 7 nitrogen and oxygen atoms in total. The highest BCUT2D eigenvalue weighted by Gasteiger charge is 2.68. The van der Waals surface area contributed by atoms with Crippen LogP contribution in [0.5, 0.6) is 5.75 Å². The number of imide groups is 2. The molecule has 42 heavy (non-hydrogen) atoms. The number of amides is 4. The van der Waals surface area contributed by atoms with Crippen molar-refractivity contribution in [2.45, 2.75) is 25.7 Å². The van der Waals surface area contributed by atoms with Crippen molar-refractivity contribution >= 4 is 57.6 Å². The third kappa shape index (κ3) is 3.61. The van der Waals surface area contributed by atoms with Gasteiger partial charge in [0, 0.05) is 15.1 Å². The van der Waals surface area contributed by atoms with Gasteiger partial charge in [-0.2, -0.15) is 0 Å². The molecular formula is C33H26FIN2O5. The van der Waals surface area contributed by atoms with E-state index in [0.29, 0.717) is 16.9 Å². The second kappa shape index (κ2) is 9.58. The minimum Gasteiger partial charge on any atom is -0.505 e. The quantitative estimate of drug-likeness (QED) is 0.223. The highest BCUT2D eigenvalue weighted by atomic mass is 127. The fourth-order valence-corrected chi connectivity index (χ4v) is 8.15. The number of phenolic OH excluding ortho intramolecular Hbond substituents is 1. The summed E-state index contributed by atoms with van der Waals surface area (Å²) in [6, 6.07) is 20.0. The van der Waals surface area contributed by atoms with Crippen LogP contribution < -0.4 is 9.80 Å². The Morgan fingerprint density at radius 3 is 2.24 bits per heavy atom. The lowest BCUT2D eigenvalue weighted by Gasteiger charge is -2.49. The zero-order valence-electron chi connectivity index (χ0n) is 22.5. The van der Waals surface area contributed by atoms with E-state index in [1.807, 2.05) is 18.2 Å². The van der Waals surface area contributed by atoms with Gasteiger partial charge in [-0.15, -0.1) is 0 Å². The maximum absolute atomic E-state index is 14.8. The van der Waals surface area contributed by atoms with Gasteiger partial charge in [-0.3, -0.25) is 24.1 Å². The Morgan fingerprint density at radius 2 is 1.52 bits per heavy atom. The van der Waals surface area contributed by atoms with Gasteiger partial charge in [0.2, 0.25) is 23.6 Å². The van der Waals surface area contributed by atoms with Crippen molar-refractivity contribution in [3.05, 3.63) is 99.4 Å². The molecule has 4 aliphatic rings. The summed E-state index contributed by atoms with van der Waals surface area (Å²) < 4.78 is 15.8.